The summed E-state index contributed by atoms with van der Waals surface area (Å²) in [5, 5.41) is 0. The number of nitrogens with zero attached hydrogens (tertiary/aromatic N) is 2. The largest absolute Gasteiger partial charge is 0.497 e. The van der Waals surface area contributed by atoms with Crippen molar-refractivity contribution < 1.29 is 27.1 Å². The first-order valence-corrected chi connectivity index (χ1v) is 11.9. The van der Waals surface area contributed by atoms with Crippen molar-refractivity contribution in [2.45, 2.75) is 30.3 Å². The van der Waals surface area contributed by atoms with Crippen molar-refractivity contribution in [1.82, 2.24) is 4.31 Å². The molecule has 32 heavy (non-hydrogen) atoms. The highest BCUT2D eigenvalue weighted by atomic mass is 32.2. The Bertz CT molecular complexity index is 1080. The Morgan fingerprint density at radius 2 is 1.84 bits per heavy atom. The summed E-state index contributed by atoms with van der Waals surface area (Å²) in [5.74, 6) is -0.319. The lowest BCUT2D eigenvalue weighted by molar-refractivity contribution is -0.160. The first-order valence-electron chi connectivity index (χ1n) is 10.4. The molecule has 1 heterocycles. The van der Waals surface area contributed by atoms with Crippen molar-refractivity contribution in [1.29, 1.82) is 0 Å². The molecule has 3 rings (SSSR count). The van der Waals surface area contributed by atoms with Crippen LogP contribution in [0.15, 0.2) is 47.4 Å². The van der Waals surface area contributed by atoms with Crippen LogP contribution >= 0.6 is 0 Å². The van der Waals surface area contributed by atoms with E-state index in [0.29, 0.717) is 16.9 Å². The van der Waals surface area contributed by atoms with E-state index >= 15 is 0 Å². The lowest BCUT2D eigenvalue weighted by Crippen LogP contribution is -2.49. The molecule has 0 atom stereocenters. The van der Waals surface area contributed by atoms with Gasteiger partial charge >= 0.3 is 5.97 Å². The molecule has 1 fully saturated rings. The van der Waals surface area contributed by atoms with Gasteiger partial charge in [0.25, 0.3) is 0 Å². The van der Waals surface area contributed by atoms with E-state index in [1.54, 1.807) is 44.4 Å². The fourth-order valence-electron chi connectivity index (χ4n) is 3.72. The monoisotopic (exact) mass is 464 g/mol. The zero-order valence-electron chi connectivity index (χ0n) is 18.8. The van der Waals surface area contributed by atoms with Gasteiger partial charge in [-0.05, 0) is 42.8 Å². The van der Waals surface area contributed by atoms with Crippen LogP contribution in [0.2, 0.25) is 0 Å². The Labute approximate surface area is 188 Å². The molecule has 1 aliphatic rings. The van der Waals surface area contributed by atoms with Gasteiger partial charge in [-0.1, -0.05) is 12.1 Å². The average Bonchev–Trinajstić information content (AvgIpc) is 2.79. The minimum absolute atomic E-state index is 0.0780. The minimum atomic E-state index is -3.94. The van der Waals surface area contributed by atoms with E-state index in [1.165, 1.54) is 4.31 Å². The molecular weight excluding hydrogens is 435 g/mol. The van der Waals surface area contributed by atoms with E-state index in [0.717, 1.165) is 5.69 Å². The third-order valence-electron chi connectivity index (χ3n) is 5.63. The summed E-state index contributed by atoms with van der Waals surface area (Å²) in [5.41, 5.74) is -0.107. The number of ether oxygens (including phenoxy) is 2. The maximum atomic E-state index is 15.0. The second-order valence-electron chi connectivity index (χ2n) is 7.90. The Kier molecular flexibility index (Phi) is 7.09. The van der Waals surface area contributed by atoms with Crippen LogP contribution in [0.25, 0.3) is 11.1 Å². The number of rotatable bonds is 7. The Balaban J connectivity index is 1.98. The molecule has 0 aliphatic carbocycles. The van der Waals surface area contributed by atoms with Crippen LogP contribution in [0, 0.1) is 0 Å². The van der Waals surface area contributed by atoms with Gasteiger partial charge in [-0.3, -0.25) is 0 Å². The maximum Gasteiger partial charge on any atom is 0.343 e. The van der Waals surface area contributed by atoms with Gasteiger partial charge in [0.1, 0.15) is 5.75 Å². The average molecular weight is 465 g/mol. The van der Waals surface area contributed by atoms with Crippen molar-refractivity contribution in [3.8, 4) is 16.9 Å². The van der Waals surface area contributed by atoms with Crippen LogP contribution in [0.1, 0.15) is 19.8 Å². The third-order valence-corrected chi connectivity index (χ3v) is 7.59. The van der Waals surface area contributed by atoms with Crippen molar-refractivity contribution in [3.05, 3.63) is 42.5 Å². The highest BCUT2D eigenvalue weighted by Crippen LogP contribution is 2.37. The molecule has 2 aromatic carbocycles. The number of carbonyl (C=O) groups is 1. The Hall–Kier alpha value is -2.65. The van der Waals surface area contributed by atoms with Crippen LogP contribution in [0.4, 0.5) is 10.1 Å². The summed E-state index contributed by atoms with van der Waals surface area (Å²) < 4.78 is 53.5. The van der Waals surface area contributed by atoms with Gasteiger partial charge in [0.05, 0.1) is 18.6 Å². The van der Waals surface area contributed by atoms with Crippen molar-refractivity contribution in [2.24, 2.45) is 0 Å². The second kappa shape index (κ2) is 9.46. The molecule has 0 amide bonds. The fraction of sp³-hybridized carbons (Fsp3) is 0.435. The number of hydrogen-bond acceptors (Lipinski definition) is 6. The van der Waals surface area contributed by atoms with Crippen LogP contribution in [-0.4, -0.2) is 65.3 Å². The van der Waals surface area contributed by atoms with E-state index < -0.39 is 21.7 Å². The summed E-state index contributed by atoms with van der Waals surface area (Å²) in [6, 6.07) is 12.3. The summed E-state index contributed by atoms with van der Waals surface area (Å²) in [6.45, 7) is 1.47. The number of halogens is 1. The highest BCUT2D eigenvalue weighted by Gasteiger charge is 2.45. The second-order valence-corrected chi connectivity index (χ2v) is 9.80. The molecule has 0 N–H and O–H groups in total. The Morgan fingerprint density at radius 3 is 2.44 bits per heavy atom. The number of esters is 1. The fourth-order valence-corrected chi connectivity index (χ4v) is 5.36. The molecule has 7 nitrogen and oxygen atoms in total. The molecule has 0 saturated carbocycles. The maximum absolute atomic E-state index is 15.0. The number of anilines is 1. The number of benzene rings is 2. The van der Waals surface area contributed by atoms with E-state index in [9.17, 15) is 17.6 Å². The molecule has 0 spiro atoms. The first kappa shape index (κ1) is 24.0. The number of methoxy groups -OCH3 is 1. The SMILES string of the molecule is CCOC(=O)C1(F)CCN(S(=O)(=O)c2ccc(N(C)C)cc2-c2cccc(OC)c2)CC1. The van der Waals surface area contributed by atoms with E-state index in [1.807, 2.05) is 31.1 Å². The summed E-state index contributed by atoms with van der Waals surface area (Å²) in [7, 11) is 1.36. The number of carbonyl (C=O) groups excluding carboxylic acids is 1. The third kappa shape index (κ3) is 4.73. The molecule has 0 aromatic heterocycles. The molecule has 1 aliphatic heterocycles. The number of piperidine rings is 1. The predicted octanol–water partition coefficient (Wildman–Crippen LogP) is 3.48. The van der Waals surface area contributed by atoms with Gasteiger partial charge in [-0.15, -0.1) is 0 Å². The van der Waals surface area contributed by atoms with Gasteiger partial charge in [0.2, 0.25) is 15.7 Å². The van der Waals surface area contributed by atoms with Crippen LogP contribution in [-0.2, 0) is 19.6 Å². The topological polar surface area (TPSA) is 76.2 Å². The number of hydrogen-bond donors (Lipinski definition) is 0. The summed E-state index contributed by atoms with van der Waals surface area (Å²) in [4.78, 5) is 14.0. The Morgan fingerprint density at radius 1 is 1.16 bits per heavy atom. The van der Waals surface area contributed by atoms with Crippen LogP contribution < -0.4 is 9.64 Å². The van der Waals surface area contributed by atoms with E-state index in [4.69, 9.17) is 9.47 Å². The molecule has 1 saturated heterocycles. The lowest BCUT2D eigenvalue weighted by atomic mass is 9.95. The minimum Gasteiger partial charge on any atom is -0.497 e. The van der Waals surface area contributed by atoms with Crippen LogP contribution in [0.5, 0.6) is 5.75 Å². The van der Waals surface area contributed by atoms with Gasteiger partial charge in [0.15, 0.2) is 0 Å². The molecule has 174 valence electrons. The zero-order valence-corrected chi connectivity index (χ0v) is 19.6. The first-order chi connectivity index (χ1) is 15.1. The molecule has 0 bridgehead atoms. The quantitative estimate of drug-likeness (QED) is 0.584. The van der Waals surface area contributed by atoms with Crippen molar-refractivity contribution in [3.63, 3.8) is 0 Å². The van der Waals surface area contributed by atoms with E-state index in [-0.39, 0.29) is 37.4 Å². The highest BCUT2D eigenvalue weighted by molar-refractivity contribution is 7.89. The summed E-state index contributed by atoms with van der Waals surface area (Å²) >= 11 is 0. The van der Waals surface area contributed by atoms with Crippen LogP contribution in [0.3, 0.4) is 0 Å². The summed E-state index contributed by atoms with van der Waals surface area (Å²) in [6.07, 6.45) is -0.481. The molecule has 9 heteroatoms. The standard InChI is InChI=1S/C23H29FN2O5S/c1-5-31-22(27)23(24)11-13-26(14-12-23)32(28,29)21-10-9-18(25(2)3)16-20(21)17-7-6-8-19(15-17)30-4/h6-10,15-16H,5,11-14H2,1-4H3. The molecular formula is C23H29FN2O5S. The smallest absolute Gasteiger partial charge is 0.343 e. The number of alkyl halides is 1. The van der Waals surface area contributed by atoms with Crippen molar-refractivity contribution >= 4 is 21.7 Å². The van der Waals surface area contributed by atoms with Gasteiger partial charge in [-0.2, -0.15) is 4.31 Å². The van der Waals surface area contributed by atoms with Gasteiger partial charge in [0, 0.05) is 51.3 Å². The molecule has 2 aromatic rings. The van der Waals surface area contributed by atoms with Gasteiger partial charge < -0.3 is 14.4 Å². The lowest BCUT2D eigenvalue weighted by Gasteiger charge is -2.34. The zero-order chi connectivity index (χ0) is 23.5. The van der Waals surface area contributed by atoms with E-state index in [2.05, 4.69) is 0 Å². The predicted molar refractivity (Wildman–Crippen MR) is 121 cm³/mol. The van der Waals surface area contributed by atoms with Gasteiger partial charge in [-0.25, -0.2) is 17.6 Å². The van der Waals surface area contributed by atoms with Crippen molar-refractivity contribution in [2.75, 3.05) is 45.8 Å². The molecule has 0 radical (unpaired) electrons. The molecule has 0 unspecified atom stereocenters. The normalized spacial score (nSPS) is 16.4. The number of sulfonamides is 1.